The number of fused-ring (bicyclic) bond motifs is 1. The van der Waals surface area contributed by atoms with Crippen molar-refractivity contribution in [3.8, 4) is 0 Å². The van der Waals surface area contributed by atoms with Gasteiger partial charge in [-0.05, 0) is 79.9 Å². The lowest BCUT2D eigenvalue weighted by Crippen LogP contribution is -2.36. The minimum atomic E-state index is -0.939. The van der Waals surface area contributed by atoms with Gasteiger partial charge in [0.25, 0.3) is 5.91 Å². The van der Waals surface area contributed by atoms with Gasteiger partial charge in [-0.2, -0.15) is 0 Å². The molecule has 0 fully saturated rings. The third-order valence-electron chi connectivity index (χ3n) is 5.57. The Morgan fingerprint density at radius 3 is 2.34 bits per heavy atom. The molecule has 0 spiro atoms. The molecule has 4 rings (SSSR count). The van der Waals surface area contributed by atoms with Crippen molar-refractivity contribution in [1.82, 2.24) is 4.68 Å². The smallest absolute Gasteiger partial charge is 0.320 e. The Labute approximate surface area is 212 Å². The minimum absolute atomic E-state index is 0.106. The van der Waals surface area contributed by atoms with Crippen LogP contribution in [-0.4, -0.2) is 22.4 Å². The number of aromatic nitrogens is 1. The zero-order valence-electron chi connectivity index (χ0n) is 19.2. The molecule has 3 amide bonds. The van der Waals surface area contributed by atoms with Crippen molar-refractivity contribution in [2.24, 2.45) is 0 Å². The van der Waals surface area contributed by atoms with Gasteiger partial charge in [0.15, 0.2) is 0 Å². The molecule has 0 unspecified atom stereocenters. The number of rotatable bonds is 4. The summed E-state index contributed by atoms with van der Waals surface area (Å²) in [5, 5.41) is 7.01. The fourth-order valence-electron chi connectivity index (χ4n) is 3.60. The van der Waals surface area contributed by atoms with Gasteiger partial charge in [0, 0.05) is 26.8 Å². The van der Waals surface area contributed by atoms with Gasteiger partial charge in [0.05, 0.1) is 5.52 Å². The zero-order chi connectivity index (χ0) is 25.3. The van der Waals surface area contributed by atoms with Crippen LogP contribution in [-0.2, 0) is 9.59 Å². The minimum Gasteiger partial charge on any atom is -0.320 e. The van der Waals surface area contributed by atoms with Crippen molar-refractivity contribution < 1.29 is 14.4 Å². The van der Waals surface area contributed by atoms with Crippen LogP contribution in [0, 0.1) is 20.8 Å². The number of aryl methyl sites for hydroxylation is 2. The van der Waals surface area contributed by atoms with Crippen LogP contribution >= 0.6 is 23.2 Å². The summed E-state index contributed by atoms with van der Waals surface area (Å²) >= 11 is 12.3. The molecule has 0 radical (unpaired) electrons. The van der Waals surface area contributed by atoms with Crippen LogP contribution in [0.1, 0.15) is 27.2 Å². The number of anilines is 2. The van der Waals surface area contributed by atoms with Crippen molar-refractivity contribution in [2.75, 3.05) is 16.1 Å². The average molecular weight is 509 g/mol. The lowest BCUT2D eigenvalue weighted by Gasteiger charge is -2.14. The first-order valence-corrected chi connectivity index (χ1v) is 11.5. The Hall–Kier alpha value is -3.81. The number of nitrogens with one attached hydrogen (secondary N) is 3. The summed E-state index contributed by atoms with van der Waals surface area (Å²) in [6.45, 7) is 5.50. The van der Waals surface area contributed by atoms with E-state index in [2.05, 4.69) is 16.1 Å². The van der Waals surface area contributed by atoms with Gasteiger partial charge in [0.2, 0.25) is 0 Å². The second-order valence-electron chi connectivity index (χ2n) is 8.15. The van der Waals surface area contributed by atoms with Crippen LogP contribution in [0.3, 0.4) is 0 Å². The predicted octanol–water partition coefficient (Wildman–Crippen LogP) is 5.83. The number of hydrogen-bond donors (Lipinski definition) is 3. The van der Waals surface area contributed by atoms with E-state index in [-0.39, 0.29) is 5.69 Å². The van der Waals surface area contributed by atoms with E-state index in [1.807, 2.05) is 26.0 Å². The maximum Gasteiger partial charge on any atom is 0.328 e. The first kappa shape index (κ1) is 24.3. The molecule has 0 saturated carbocycles. The maximum absolute atomic E-state index is 13.2. The molecule has 35 heavy (non-hydrogen) atoms. The van der Waals surface area contributed by atoms with E-state index in [1.54, 1.807) is 55.5 Å². The van der Waals surface area contributed by atoms with Gasteiger partial charge in [-0.25, -0.2) is 4.68 Å². The number of carbonyl (C=O) groups is 3. The largest absolute Gasteiger partial charge is 0.328 e. The molecule has 7 nitrogen and oxygen atoms in total. The second kappa shape index (κ2) is 9.82. The molecule has 3 N–H and O–H groups in total. The van der Waals surface area contributed by atoms with E-state index in [9.17, 15) is 14.4 Å². The highest BCUT2D eigenvalue weighted by molar-refractivity contribution is 6.42. The van der Waals surface area contributed by atoms with Gasteiger partial charge in [0.1, 0.15) is 5.69 Å². The van der Waals surface area contributed by atoms with Crippen LogP contribution in [0.2, 0.25) is 10.0 Å². The van der Waals surface area contributed by atoms with E-state index >= 15 is 0 Å². The Morgan fingerprint density at radius 1 is 0.800 bits per heavy atom. The predicted molar refractivity (Wildman–Crippen MR) is 140 cm³/mol. The molecular weight excluding hydrogens is 487 g/mol. The summed E-state index contributed by atoms with van der Waals surface area (Å²) in [5.74, 6) is -2.31. The molecule has 0 bridgehead atoms. The molecule has 4 aromatic rings. The Balaban J connectivity index is 1.65. The summed E-state index contributed by atoms with van der Waals surface area (Å²) in [7, 11) is 0. The van der Waals surface area contributed by atoms with Crippen LogP contribution in [0.25, 0.3) is 10.9 Å². The molecule has 3 aromatic carbocycles. The first-order chi connectivity index (χ1) is 16.6. The van der Waals surface area contributed by atoms with Crippen molar-refractivity contribution in [3.05, 3.63) is 93.1 Å². The highest BCUT2D eigenvalue weighted by Gasteiger charge is 2.22. The summed E-state index contributed by atoms with van der Waals surface area (Å²) in [6, 6.07) is 17.2. The standard InChI is InChI=1S/C26H22Cl2N4O3/c1-14-7-8-15(2)21(11-14)30-25(34)26(35)31-32-22-10-9-18(27)12-17(22)13-23(32)24(33)29-20-6-4-5-19(28)16(20)3/h4-13H,1-3H3,(H,29,33)(H,30,34)(H,31,35). The molecule has 9 heteroatoms. The van der Waals surface area contributed by atoms with Crippen LogP contribution in [0.15, 0.2) is 60.7 Å². The van der Waals surface area contributed by atoms with Gasteiger partial charge in [-0.1, -0.05) is 41.4 Å². The first-order valence-electron chi connectivity index (χ1n) is 10.7. The van der Waals surface area contributed by atoms with Gasteiger partial charge in [-0.3, -0.25) is 19.8 Å². The molecule has 0 saturated heterocycles. The number of hydrogen-bond acceptors (Lipinski definition) is 3. The van der Waals surface area contributed by atoms with Crippen molar-refractivity contribution in [3.63, 3.8) is 0 Å². The molecule has 1 aromatic heterocycles. The van der Waals surface area contributed by atoms with Crippen molar-refractivity contribution >= 4 is 63.2 Å². The number of halogens is 2. The third-order valence-corrected chi connectivity index (χ3v) is 6.22. The van der Waals surface area contributed by atoms with E-state index in [0.717, 1.165) is 11.1 Å². The monoisotopic (exact) mass is 508 g/mol. The normalized spacial score (nSPS) is 10.8. The highest BCUT2D eigenvalue weighted by atomic mass is 35.5. The van der Waals surface area contributed by atoms with E-state index in [0.29, 0.717) is 37.9 Å². The lowest BCUT2D eigenvalue weighted by atomic mass is 10.1. The Morgan fingerprint density at radius 2 is 1.57 bits per heavy atom. The topological polar surface area (TPSA) is 92.2 Å². The Kier molecular flexibility index (Phi) is 6.82. The maximum atomic E-state index is 13.2. The van der Waals surface area contributed by atoms with E-state index in [1.165, 1.54) is 4.68 Å². The Bertz CT molecular complexity index is 1490. The van der Waals surface area contributed by atoms with Crippen LogP contribution in [0.4, 0.5) is 11.4 Å². The number of carbonyl (C=O) groups excluding carboxylic acids is 3. The summed E-state index contributed by atoms with van der Waals surface area (Å²) in [5.41, 5.74) is 6.65. The average Bonchev–Trinajstić information content (AvgIpc) is 3.16. The second-order valence-corrected chi connectivity index (χ2v) is 8.99. The van der Waals surface area contributed by atoms with Crippen LogP contribution in [0.5, 0.6) is 0 Å². The van der Waals surface area contributed by atoms with E-state index in [4.69, 9.17) is 23.2 Å². The molecule has 1 heterocycles. The van der Waals surface area contributed by atoms with Crippen molar-refractivity contribution in [1.29, 1.82) is 0 Å². The molecule has 0 aliphatic carbocycles. The fourth-order valence-corrected chi connectivity index (χ4v) is 3.96. The molecule has 178 valence electrons. The third kappa shape index (κ3) is 5.16. The SMILES string of the molecule is Cc1ccc(C)c(NC(=O)C(=O)Nn2c(C(=O)Nc3cccc(Cl)c3C)cc3cc(Cl)ccc32)c1. The summed E-state index contributed by atoms with van der Waals surface area (Å²) in [6.07, 6.45) is 0. The highest BCUT2D eigenvalue weighted by Crippen LogP contribution is 2.26. The number of amides is 3. The summed E-state index contributed by atoms with van der Waals surface area (Å²) in [4.78, 5) is 38.7. The van der Waals surface area contributed by atoms with Crippen molar-refractivity contribution in [2.45, 2.75) is 20.8 Å². The van der Waals surface area contributed by atoms with Gasteiger partial charge >= 0.3 is 11.8 Å². The van der Waals surface area contributed by atoms with Gasteiger partial charge in [-0.15, -0.1) is 0 Å². The molecule has 0 aliphatic rings. The summed E-state index contributed by atoms with van der Waals surface area (Å²) < 4.78 is 1.27. The fraction of sp³-hybridized carbons (Fsp3) is 0.115. The number of nitrogens with zero attached hydrogens (tertiary/aromatic N) is 1. The van der Waals surface area contributed by atoms with Crippen LogP contribution < -0.4 is 16.1 Å². The zero-order valence-corrected chi connectivity index (χ0v) is 20.7. The lowest BCUT2D eigenvalue weighted by molar-refractivity contribution is -0.133. The molecule has 0 atom stereocenters. The molecular formula is C26H22Cl2N4O3. The quantitative estimate of drug-likeness (QED) is 0.302. The van der Waals surface area contributed by atoms with Gasteiger partial charge < -0.3 is 10.6 Å². The molecule has 0 aliphatic heterocycles. The van der Waals surface area contributed by atoms with E-state index < -0.39 is 17.7 Å². The number of benzene rings is 3.